The first-order valence-electron chi connectivity index (χ1n) is 7.63. The maximum atomic E-state index is 12.2. The number of morpholine rings is 1. The van der Waals surface area contributed by atoms with Gasteiger partial charge in [-0.2, -0.15) is 0 Å². The average Bonchev–Trinajstić information content (AvgIpc) is 2.86. The summed E-state index contributed by atoms with van der Waals surface area (Å²) in [5.41, 5.74) is 1.78. The van der Waals surface area contributed by atoms with E-state index in [4.69, 9.17) is 14.2 Å². The van der Waals surface area contributed by atoms with E-state index >= 15 is 0 Å². The van der Waals surface area contributed by atoms with Crippen LogP contribution in [-0.4, -0.2) is 56.9 Å². The fourth-order valence-corrected chi connectivity index (χ4v) is 2.86. The molecule has 1 aromatic rings. The minimum atomic E-state index is -0.0498. The van der Waals surface area contributed by atoms with Crippen molar-refractivity contribution in [3.05, 3.63) is 17.7 Å². The summed E-state index contributed by atoms with van der Waals surface area (Å²) in [6.07, 6.45) is 1.03. The molecule has 6 heteroatoms. The molecule has 0 unspecified atom stereocenters. The number of anilines is 1. The number of nitrogens with zero attached hydrogens (tertiary/aromatic N) is 1. The molecule has 2 aliphatic rings. The van der Waals surface area contributed by atoms with Gasteiger partial charge in [0.15, 0.2) is 0 Å². The monoisotopic (exact) mass is 306 g/mol. The van der Waals surface area contributed by atoms with Crippen molar-refractivity contribution >= 4 is 11.6 Å². The van der Waals surface area contributed by atoms with Gasteiger partial charge in [-0.05, 0) is 13.0 Å². The normalized spacial score (nSPS) is 21.1. The number of fused-ring (bicyclic) bond motifs is 1. The molecule has 1 fully saturated rings. The highest BCUT2D eigenvalue weighted by atomic mass is 16.5. The Morgan fingerprint density at radius 1 is 1.41 bits per heavy atom. The number of methoxy groups -OCH3 is 1. The molecule has 3 rings (SSSR count). The first-order valence-corrected chi connectivity index (χ1v) is 7.63. The zero-order valence-corrected chi connectivity index (χ0v) is 13.1. The van der Waals surface area contributed by atoms with Gasteiger partial charge in [0.05, 0.1) is 32.6 Å². The van der Waals surface area contributed by atoms with Gasteiger partial charge in [0.1, 0.15) is 17.6 Å². The first-order chi connectivity index (χ1) is 10.7. The Bertz CT molecular complexity index is 555. The second-order valence-corrected chi connectivity index (χ2v) is 5.73. The van der Waals surface area contributed by atoms with Crippen LogP contribution in [-0.2, 0) is 16.0 Å². The quantitative estimate of drug-likeness (QED) is 0.908. The van der Waals surface area contributed by atoms with Gasteiger partial charge >= 0.3 is 0 Å². The van der Waals surface area contributed by atoms with Crippen molar-refractivity contribution in [3.8, 4) is 11.5 Å². The summed E-state index contributed by atoms with van der Waals surface area (Å²) in [5.74, 6) is 1.45. The molecule has 1 N–H and O–H groups in total. The second-order valence-electron chi connectivity index (χ2n) is 5.73. The van der Waals surface area contributed by atoms with Crippen LogP contribution in [0.15, 0.2) is 12.1 Å². The van der Waals surface area contributed by atoms with E-state index in [1.807, 2.05) is 19.1 Å². The SMILES string of the molecule is COc1cc2c(cc1NC(=O)CN1CCOCC1)O[C@@H](C)C2. The number of carbonyl (C=O) groups excluding carboxylic acids is 1. The van der Waals surface area contributed by atoms with Crippen molar-refractivity contribution in [1.82, 2.24) is 4.90 Å². The largest absolute Gasteiger partial charge is 0.495 e. The van der Waals surface area contributed by atoms with E-state index in [-0.39, 0.29) is 12.0 Å². The molecule has 0 aromatic heterocycles. The van der Waals surface area contributed by atoms with Gasteiger partial charge in [0, 0.05) is 31.1 Å². The Kier molecular flexibility index (Phi) is 4.49. The molecule has 1 amide bonds. The van der Waals surface area contributed by atoms with Crippen LogP contribution in [0.5, 0.6) is 11.5 Å². The number of hydrogen-bond donors (Lipinski definition) is 1. The summed E-state index contributed by atoms with van der Waals surface area (Å²) in [6.45, 7) is 5.33. The second kappa shape index (κ2) is 6.54. The molecule has 2 heterocycles. The molecule has 0 spiro atoms. The van der Waals surface area contributed by atoms with Crippen LogP contribution in [0.1, 0.15) is 12.5 Å². The highest BCUT2D eigenvalue weighted by Gasteiger charge is 2.23. The third kappa shape index (κ3) is 3.34. The highest BCUT2D eigenvalue weighted by Crippen LogP contribution is 2.37. The van der Waals surface area contributed by atoms with Crippen molar-refractivity contribution in [2.45, 2.75) is 19.4 Å². The van der Waals surface area contributed by atoms with E-state index in [1.54, 1.807) is 7.11 Å². The van der Waals surface area contributed by atoms with Crippen molar-refractivity contribution in [2.75, 3.05) is 45.3 Å². The average molecular weight is 306 g/mol. The maximum absolute atomic E-state index is 12.2. The number of ether oxygens (including phenoxy) is 3. The van der Waals surface area contributed by atoms with Crippen LogP contribution in [0.3, 0.4) is 0 Å². The summed E-state index contributed by atoms with van der Waals surface area (Å²) in [6, 6.07) is 3.80. The molecular formula is C16H22N2O4. The Labute approximate surface area is 130 Å². The molecule has 0 radical (unpaired) electrons. The minimum absolute atomic E-state index is 0.0498. The fraction of sp³-hybridized carbons (Fsp3) is 0.562. The molecule has 1 aromatic carbocycles. The zero-order chi connectivity index (χ0) is 15.5. The molecule has 22 heavy (non-hydrogen) atoms. The predicted molar refractivity (Wildman–Crippen MR) is 82.7 cm³/mol. The van der Waals surface area contributed by atoms with Gasteiger partial charge in [-0.25, -0.2) is 0 Å². The molecule has 120 valence electrons. The van der Waals surface area contributed by atoms with Crippen molar-refractivity contribution in [1.29, 1.82) is 0 Å². The van der Waals surface area contributed by atoms with Crippen molar-refractivity contribution < 1.29 is 19.0 Å². The molecule has 6 nitrogen and oxygen atoms in total. The van der Waals surface area contributed by atoms with E-state index < -0.39 is 0 Å². The molecule has 1 saturated heterocycles. The summed E-state index contributed by atoms with van der Waals surface area (Å²) in [5, 5.41) is 2.93. The minimum Gasteiger partial charge on any atom is -0.495 e. The Hall–Kier alpha value is -1.79. The molecular weight excluding hydrogens is 284 g/mol. The number of benzene rings is 1. The van der Waals surface area contributed by atoms with E-state index in [1.165, 1.54) is 0 Å². The van der Waals surface area contributed by atoms with Crippen LogP contribution in [0.25, 0.3) is 0 Å². The number of carbonyl (C=O) groups is 1. The topological polar surface area (TPSA) is 60.0 Å². The van der Waals surface area contributed by atoms with Gasteiger partial charge in [-0.15, -0.1) is 0 Å². The lowest BCUT2D eigenvalue weighted by molar-refractivity contribution is -0.118. The Morgan fingerprint density at radius 2 is 2.18 bits per heavy atom. The van der Waals surface area contributed by atoms with Gasteiger partial charge < -0.3 is 19.5 Å². The number of amides is 1. The summed E-state index contributed by atoms with van der Waals surface area (Å²) >= 11 is 0. The molecule has 2 aliphatic heterocycles. The standard InChI is InChI=1S/C16H22N2O4/c1-11-7-12-8-15(20-2)13(9-14(12)22-11)17-16(19)10-18-3-5-21-6-4-18/h8-9,11H,3-7,10H2,1-2H3,(H,17,19)/t11-/m0/s1. The number of nitrogens with one attached hydrogen (secondary N) is 1. The highest BCUT2D eigenvalue weighted by molar-refractivity contribution is 5.94. The Balaban J connectivity index is 1.68. The van der Waals surface area contributed by atoms with E-state index in [9.17, 15) is 4.79 Å². The number of rotatable bonds is 4. The third-order valence-electron chi connectivity index (χ3n) is 3.96. The fourth-order valence-electron chi connectivity index (χ4n) is 2.86. The predicted octanol–water partition coefficient (Wildman–Crippen LogP) is 1.29. The Morgan fingerprint density at radius 3 is 2.91 bits per heavy atom. The van der Waals surface area contributed by atoms with E-state index in [0.717, 1.165) is 30.8 Å². The van der Waals surface area contributed by atoms with Gasteiger partial charge in [-0.1, -0.05) is 0 Å². The lowest BCUT2D eigenvalue weighted by Crippen LogP contribution is -2.41. The van der Waals surface area contributed by atoms with Crippen LogP contribution in [0.2, 0.25) is 0 Å². The van der Waals surface area contributed by atoms with Crippen molar-refractivity contribution in [2.24, 2.45) is 0 Å². The summed E-state index contributed by atoms with van der Waals surface area (Å²) in [7, 11) is 1.61. The molecule has 0 bridgehead atoms. The van der Waals surface area contributed by atoms with E-state index in [2.05, 4.69) is 10.2 Å². The van der Waals surface area contributed by atoms with Crippen molar-refractivity contribution in [3.63, 3.8) is 0 Å². The summed E-state index contributed by atoms with van der Waals surface area (Å²) < 4.78 is 16.4. The van der Waals surface area contributed by atoms with Crippen LogP contribution in [0, 0.1) is 0 Å². The number of hydrogen-bond acceptors (Lipinski definition) is 5. The first kappa shape index (κ1) is 15.1. The molecule has 1 atom stereocenters. The van der Waals surface area contributed by atoms with Gasteiger partial charge in [0.25, 0.3) is 0 Å². The van der Waals surface area contributed by atoms with E-state index in [0.29, 0.717) is 31.2 Å². The zero-order valence-electron chi connectivity index (χ0n) is 13.1. The van der Waals surface area contributed by atoms with Crippen LogP contribution >= 0.6 is 0 Å². The lowest BCUT2D eigenvalue weighted by atomic mass is 10.1. The smallest absolute Gasteiger partial charge is 0.238 e. The van der Waals surface area contributed by atoms with Crippen LogP contribution < -0.4 is 14.8 Å². The third-order valence-corrected chi connectivity index (χ3v) is 3.96. The molecule has 0 aliphatic carbocycles. The van der Waals surface area contributed by atoms with Crippen LogP contribution in [0.4, 0.5) is 5.69 Å². The van der Waals surface area contributed by atoms with Gasteiger partial charge in [0.2, 0.25) is 5.91 Å². The maximum Gasteiger partial charge on any atom is 0.238 e. The molecule has 0 saturated carbocycles. The summed E-state index contributed by atoms with van der Waals surface area (Å²) in [4.78, 5) is 14.3. The lowest BCUT2D eigenvalue weighted by Gasteiger charge is -2.26. The van der Waals surface area contributed by atoms with Gasteiger partial charge in [-0.3, -0.25) is 9.69 Å².